The van der Waals surface area contributed by atoms with Gasteiger partial charge in [-0.15, -0.1) is 0 Å². The molecule has 0 radical (unpaired) electrons. The van der Waals surface area contributed by atoms with Crippen molar-refractivity contribution in [3.63, 3.8) is 0 Å². The molecule has 0 aromatic heterocycles. The first-order valence-corrected chi connectivity index (χ1v) is 4.64. The third kappa shape index (κ3) is 2.68. The molecule has 1 nitrogen and oxygen atoms in total. The molecule has 0 unspecified atom stereocenters. The molecular formula is C10H12ClFO. The molecule has 0 spiro atoms. The first kappa shape index (κ1) is 10.5. The van der Waals surface area contributed by atoms with Crippen molar-refractivity contribution in [3.8, 4) is 0 Å². The van der Waals surface area contributed by atoms with Gasteiger partial charge in [-0.05, 0) is 18.6 Å². The maximum absolute atomic E-state index is 13.2. The molecule has 1 rings (SSSR count). The summed E-state index contributed by atoms with van der Waals surface area (Å²) < 4.78 is 13.2. The minimum atomic E-state index is -0.519. The number of benzene rings is 1. The minimum Gasteiger partial charge on any atom is -0.393 e. The average molecular weight is 203 g/mol. The van der Waals surface area contributed by atoms with Crippen molar-refractivity contribution >= 4 is 11.6 Å². The first-order chi connectivity index (χ1) is 6.15. The number of hydrogen-bond acceptors (Lipinski definition) is 1. The Balaban J connectivity index is 2.87. The van der Waals surface area contributed by atoms with Gasteiger partial charge in [0.1, 0.15) is 5.82 Å². The molecule has 0 fully saturated rings. The lowest BCUT2D eigenvalue weighted by atomic mass is 10.1. The number of rotatable bonds is 3. The largest absolute Gasteiger partial charge is 0.393 e. The van der Waals surface area contributed by atoms with Crippen molar-refractivity contribution in [3.05, 3.63) is 34.6 Å². The second-order valence-electron chi connectivity index (χ2n) is 2.97. The minimum absolute atomic E-state index is 0.280. The molecule has 1 aromatic carbocycles. The lowest BCUT2D eigenvalue weighted by molar-refractivity contribution is 0.169. The Kier molecular flexibility index (Phi) is 3.70. The van der Waals surface area contributed by atoms with Gasteiger partial charge in [0.2, 0.25) is 0 Å². The van der Waals surface area contributed by atoms with Crippen LogP contribution in [0.1, 0.15) is 18.9 Å². The van der Waals surface area contributed by atoms with E-state index in [0.717, 1.165) is 0 Å². The highest BCUT2D eigenvalue weighted by Gasteiger charge is 2.10. The monoisotopic (exact) mass is 202 g/mol. The van der Waals surface area contributed by atoms with Crippen LogP contribution in [0.5, 0.6) is 0 Å². The Morgan fingerprint density at radius 3 is 2.77 bits per heavy atom. The smallest absolute Gasteiger partial charge is 0.127 e. The summed E-state index contributed by atoms with van der Waals surface area (Å²) in [6.07, 6.45) is 0.363. The highest BCUT2D eigenvalue weighted by molar-refractivity contribution is 6.31. The molecule has 13 heavy (non-hydrogen) atoms. The van der Waals surface area contributed by atoms with Crippen LogP contribution in [0.2, 0.25) is 5.02 Å². The quantitative estimate of drug-likeness (QED) is 0.799. The normalized spacial score (nSPS) is 12.9. The molecule has 0 saturated carbocycles. The van der Waals surface area contributed by atoms with E-state index in [1.807, 2.05) is 6.92 Å². The second-order valence-corrected chi connectivity index (χ2v) is 3.37. The lowest BCUT2D eigenvalue weighted by Crippen LogP contribution is -2.10. The fraction of sp³-hybridized carbons (Fsp3) is 0.400. The van der Waals surface area contributed by atoms with Crippen molar-refractivity contribution in [1.29, 1.82) is 0 Å². The maximum Gasteiger partial charge on any atom is 0.127 e. The van der Waals surface area contributed by atoms with Crippen molar-refractivity contribution in [2.75, 3.05) is 0 Å². The van der Waals surface area contributed by atoms with Gasteiger partial charge in [0, 0.05) is 17.0 Å². The summed E-state index contributed by atoms with van der Waals surface area (Å²) in [6, 6.07) is 4.53. The molecule has 0 heterocycles. The molecule has 0 bridgehead atoms. The molecule has 0 aliphatic rings. The van der Waals surface area contributed by atoms with Gasteiger partial charge in [-0.25, -0.2) is 4.39 Å². The summed E-state index contributed by atoms with van der Waals surface area (Å²) in [7, 11) is 0. The Labute approximate surface area is 82.2 Å². The van der Waals surface area contributed by atoms with Crippen molar-refractivity contribution in [2.45, 2.75) is 25.9 Å². The summed E-state index contributed by atoms with van der Waals surface area (Å²) in [5, 5.41) is 9.72. The van der Waals surface area contributed by atoms with Crippen LogP contribution in [0.15, 0.2) is 18.2 Å². The Morgan fingerprint density at radius 1 is 1.54 bits per heavy atom. The van der Waals surface area contributed by atoms with E-state index in [0.29, 0.717) is 17.0 Å². The van der Waals surface area contributed by atoms with Crippen LogP contribution in [0.25, 0.3) is 0 Å². The number of aliphatic hydroxyl groups excluding tert-OH is 1. The number of halogens is 2. The highest BCUT2D eigenvalue weighted by Crippen LogP contribution is 2.20. The van der Waals surface area contributed by atoms with Crippen molar-refractivity contribution in [2.24, 2.45) is 0 Å². The molecule has 3 heteroatoms. The summed E-state index contributed by atoms with van der Waals surface area (Å²) in [6.45, 7) is 1.85. The standard InChI is InChI=1S/C10H12ClFO/c1-2-7(13)6-8-9(11)4-3-5-10(8)12/h3-5,7,13H,2,6H2,1H3/t7-/m1/s1. The molecule has 0 aliphatic heterocycles. The summed E-state index contributed by atoms with van der Waals surface area (Å²) >= 11 is 5.78. The van der Waals surface area contributed by atoms with E-state index in [1.165, 1.54) is 6.07 Å². The van der Waals surface area contributed by atoms with Crippen LogP contribution in [0.4, 0.5) is 4.39 Å². The molecule has 1 N–H and O–H groups in total. The fourth-order valence-corrected chi connectivity index (χ4v) is 1.35. The number of aliphatic hydroxyl groups is 1. The molecule has 72 valence electrons. The summed E-state index contributed by atoms with van der Waals surface area (Å²) in [5.74, 6) is -0.347. The average Bonchev–Trinajstić information content (AvgIpc) is 2.11. The Morgan fingerprint density at radius 2 is 2.23 bits per heavy atom. The van der Waals surface area contributed by atoms with Gasteiger partial charge in [0.05, 0.1) is 6.10 Å². The third-order valence-electron chi connectivity index (χ3n) is 1.97. The van der Waals surface area contributed by atoms with Crippen molar-refractivity contribution < 1.29 is 9.50 Å². The Bertz CT molecular complexity index is 268. The fourth-order valence-electron chi connectivity index (χ4n) is 1.11. The maximum atomic E-state index is 13.2. The summed E-state index contributed by atoms with van der Waals surface area (Å²) in [4.78, 5) is 0. The third-order valence-corrected chi connectivity index (χ3v) is 2.33. The van der Waals surface area contributed by atoms with Crippen molar-refractivity contribution in [1.82, 2.24) is 0 Å². The van der Waals surface area contributed by atoms with Gasteiger partial charge in [-0.2, -0.15) is 0 Å². The van der Waals surface area contributed by atoms with Crippen LogP contribution >= 0.6 is 11.6 Å². The van der Waals surface area contributed by atoms with Gasteiger partial charge in [0.25, 0.3) is 0 Å². The molecule has 0 aliphatic carbocycles. The van der Waals surface area contributed by atoms with Crippen LogP contribution < -0.4 is 0 Å². The topological polar surface area (TPSA) is 20.2 Å². The molecular weight excluding hydrogens is 191 g/mol. The predicted octanol–water partition coefficient (Wildman–Crippen LogP) is 2.79. The zero-order valence-electron chi connectivity index (χ0n) is 7.43. The SMILES string of the molecule is CC[C@@H](O)Cc1c(F)cccc1Cl. The van der Waals surface area contributed by atoms with E-state index in [1.54, 1.807) is 12.1 Å². The van der Waals surface area contributed by atoms with Crippen LogP contribution in [-0.4, -0.2) is 11.2 Å². The second kappa shape index (κ2) is 4.58. The lowest BCUT2D eigenvalue weighted by Gasteiger charge is -2.09. The highest BCUT2D eigenvalue weighted by atomic mass is 35.5. The molecule has 1 atom stereocenters. The van der Waals surface area contributed by atoms with Crippen LogP contribution in [-0.2, 0) is 6.42 Å². The molecule has 0 amide bonds. The first-order valence-electron chi connectivity index (χ1n) is 4.26. The van der Waals surface area contributed by atoms with E-state index < -0.39 is 6.10 Å². The van der Waals surface area contributed by atoms with Gasteiger partial charge in [-0.3, -0.25) is 0 Å². The zero-order chi connectivity index (χ0) is 9.84. The number of hydrogen-bond donors (Lipinski definition) is 1. The van der Waals surface area contributed by atoms with E-state index in [2.05, 4.69) is 0 Å². The predicted molar refractivity (Wildman–Crippen MR) is 51.4 cm³/mol. The van der Waals surface area contributed by atoms with E-state index in [4.69, 9.17) is 11.6 Å². The van der Waals surface area contributed by atoms with Crippen LogP contribution in [0, 0.1) is 5.82 Å². The van der Waals surface area contributed by atoms with E-state index in [-0.39, 0.29) is 12.2 Å². The summed E-state index contributed by atoms with van der Waals surface area (Å²) in [5.41, 5.74) is 0.401. The molecule has 0 saturated heterocycles. The van der Waals surface area contributed by atoms with Gasteiger partial charge in [0.15, 0.2) is 0 Å². The van der Waals surface area contributed by atoms with E-state index in [9.17, 15) is 9.50 Å². The zero-order valence-corrected chi connectivity index (χ0v) is 8.18. The van der Waals surface area contributed by atoms with Gasteiger partial charge in [-0.1, -0.05) is 24.6 Å². The van der Waals surface area contributed by atoms with E-state index >= 15 is 0 Å². The van der Waals surface area contributed by atoms with Gasteiger partial charge >= 0.3 is 0 Å². The Hall–Kier alpha value is -0.600. The van der Waals surface area contributed by atoms with Crippen LogP contribution in [0.3, 0.4) is 0 Å². The molecule has 1 aromatic rings. The van der Waals surface area contributed by atoms with Gasteiger partial charge < -0.3 is 5.11 Å².